The summed E-state index contributed by atoms with van der Waals surface area (Å²) in [5.41, 5.74) is 1.16. The molecule has 4 N–H and O–H groups in total. The standard InChI is InChI=1S/2C13H20N2O2.2CNS.Cu/c2*1-10(2)15-8-7-14-9-11-5-4-6-12(17-3)13(11)16;2*2-1-3;/h2*4-6,9-10,15-16H,7-8H2,1-3H3;;;/q;;2*-1;+2. The zero-order chi connectivity index (χ0) is 30.8. The van der Waals surface area contributed by atoms with Crippen LogP contribution in [-0.2, 0) is 17.1 Å². The smallest absolute Gasteiger partial charge is 0.870 e. The van der Waals surface area contributed by atoms with Crippen molar-refractivity contribution in [3.05, 3.63) is 58.3 Å². The number of hydrogen-bond donors (Lipinski definition) is 2. The Morgan fingerprint density at radius 3 is 1.37 bits per heavy atom. The fraction of sp³-hybridized carbons (Fsp3) is 0.429. The first-order chi connectivity index (χ1) is 19.1. The van der Waals surface area contributed by atoms with Crippen LogP contribution in [-0.4, -0.2) is 75.2 Å². The Kier molecular flexibility index (Phi) is 29.6. The van der Waals surface area contributed by atoms with Crippen LogP contribution in [0.4, 0.5) is 0 Å². The minimum atomic E-state index is -0.105. The van der Waals surface area contributed by atoms with Crippen LogP contribution in [0.25, 0.3) is 10.8 Å². The molecule has 0 spiro atoms. The number of isothiocyanates is 2. The third kappa shape index (κ3) is 22.4. The van der Waals surface area contributed by atoms with Crippen molar-refractivity contribution in [3.8, 4) is 23.0 Å². The molecule has 0 saturated heterocycles. The number of nitrogens with two attached hydrogens (primary N) is 2. The Morgan fingerprint density at radius 2 is 1.10 bits per heavy atom. The molecule has 2 rings (SSSR count). The molecular formula is C28H40CuN6O4S2. The number of benzene rings is 2. The zero-order valence-electron chi connectivity index (χ0n) is 24.3. The van der Waals surface area contributed by atoms with E-state index in [4.69, 9.17) is 20.3 Å². The molecule has 0 unspecified atom stereocenters. The van der Waals surface area contributed by atoms with Crippen molar-refractivity contribution in [3.63, 3.8) is 0 Å². The molecule has 0 aliphatic rings. The van der Waals surface area contributed by atoms with E-state index in [1.807, 2.05) is 0 Å². The number of aliphatic imine (C=N–C) groups is 2. The van der Waals surface area contributed by atoms with Crippen LogP contribution >= 0.6 is 24.4 Å². The largest absolute Gasteiger partial charge is 2.00 e. The van der Waals surface area contributed by atoms with Crippen molar-refractivity contribution in [1.29, 1.82) is 0 Å². The first kappa shape index (κ1) is 42.5. The number of methoxy groups -OCH3 is 2. The summed E-state index contributed by atoms with van der Waals surface area (Å²) in [6.45, 7) is 11.9. The van der Waals surface area contributed by atoms with E-state index in [-0.39, 0.29) is 28.6 Å². The van der Waals surface area contributed by atoms with Crippen molar-refractivity contribution in [2.45, 2.75) is 39.8 Å². The summed E-state index contributed by atoms with van der Waals surface area (Å²) in [6.07, 6.45) is 3.25. The molecule has 0 aliphatic heterocycles. The van der Waals surface area contributed by atoms with E-state index in [9.17, 15) is 10.2 Å². The van der Waals surface area contributed by atoms with Gasteiger partial charge in [-0.25, -0.2) is 0 Å². The van der Waals surface area contributed by atoms with Gasteiger partial charge in [-0.05, 0) is 51.0 Å². The van der Waals surface area contributed by atoms with Gasteiger partial charge in [-0.3, -0.25) is 9.98 Å². The number of hydrogen-bond acceptors (Lipinski definition) is 8. The zero-order valence-corrected chi connectivity index (χ0v) is 26.9. The molecule has 1 radical (unpaired) electrons. The molecule has 0 atom stereocenters. The maximum atomic E-state index is 11.7. The van der Waals surface area contributed by atoms with Gasteiger partial charge < -0.3 is 41.1 Å². The third-order valence-electron chi connectivity index (χ3n) is 4.71. The maximum Gasteiger partial charge on any atom is 2.00 e. The summed E-state index contributed by atoms with van der Waals surface area (Å²) in [5, 5.41) is 44.8. The quantitative estimate of drug-likeness (QED) is 0.153. The van der Waals surface area contributed by atoms with Crippen LogP contribution in [0.1, 0.15) is 38.8 Å². The molecule has 0 amide bonds. The number of nitrogens with zero attached hydrogens (tertiary/aromatic N) is 4. The molecule has 0 heterocycles. The van der Waals surface area contributed by atoms with E-state index in [2.05, 4.69) is 72.7 Å². The van der Waals surface area contributed by atoms with Crippen molar-refractivity contribution < 1.29 is 47.4 Å². The molecule has 10 nitrogen and oxygen atoms in total. The molecule has 2 aromatic carbocycles. The minimum absolute atomic E-state index is 0. The predicted octanol–water partition coefficient (Wildman–Crippen LogP) is 1.63. The van der Waals surface area contributed by atoms with Gasteiger partial charge in [-0.1, -0.05) is 60.2 Å². The molecule has 0 bridgehead atoms. The molecule has 41 heavy (non-hydrogen) atoms. The number of quaternary nitrogens is 2. The van der Waals surface area contributed by atoms with E-state index in [0.717, 1.165) is 26.2 Å². The van der Waals surface area contributed by atoms with Crippen molar-refractivity contribution in [2.75, 3.05) is 40.4 Å². The molecule has 0 aliphatic carbocycles. The summed E-state index contributed by atoms with van der Waals surface area (Å²) in [5.74, 6) is 0.517. The van der Waals surface area contributed by atoms with Crippen LogP contribution in [0.5, 0.6) is 23.0 Å². The fourth-order valence-electron chi connectivity index (χ4n) is 2.88. The van der Waals surface area contributed by atoms with Crippen LogP contribution < -0.4 is 30.3 Å². The minimum Gasteiger partial charge on any atom is -0.870 e. The first-order valence-electron chi connectivity index (χ1n) is 12.5. The van der Waals surface area contributed by atoms with Crippen LogP contribution in [0.2, 0.25) is 0 Å². The number of thiocarbonyl (C=S) groups is 2. The molecule has 0 aromatic heterocycles. The van der Waals surface area contributed by atoms with Gasteiger partial charge in [0.05, 0.1) is 52.5 Å². The topological polar surface area (TPSA) is 167 Å². The van der Waals surface area contributed by atoms with Gasteiger partial charge in [0.15, 0.2) is 0 Å². The monoisotopic (exact) mass is 651 g/mol. The van der Waals surface area contributed by atoms with Crippen molar-refractivity contribution in [1.82, 2.24) is 0 Å². The Balaban J connectivity index is -0.000000578. The molecular weight excluding hydrogens is 612 g/mol. The Bertz CT molecular complexity index is 1000. The predicted molar refractivity (Wildman–Crippen MR) is 166 cm³/mol. The number of rotatable bonds is 12. The van der Waals surface area contributed by atoms with Gasteiger partial charge in [0.25, 0.3) is 0 Å². The Hall–Kier alpha value is -2.98. The fourth-order valence-corrected chi connectivity index (χ4v) is 2.88. The number of ether oxygens (including phenoxy) is 2. The second-order valence-corrected chi connectivity index (χ2v) is 8.91. The summed E-state index contributed by atoms with van der Waals surface area (Å²) < 4.78 is 9.93. The second kappa shape index (κ2) is 28.5. The molecule has 0 saturated carbocycles. The van der Waals surface area contributed by atoms with E-state index in [0.29, 0.717) is 34.7 Å². The second-order valence-electron chi connectivity index (χ2n) is 8.55. The number of para-hydroxylation sites is 2. The Morgan fingerprint density at radius 1 is 0.780 bits per heavy atom. The van der Waals surface area contributed by atoms with Gasteiger partial charge in [-0.15, -0.1) is 0 Å². The van der Waals surface area contributed by atoms with Crippen LogP contribution in [0.3, 0.4) is 0 Å². The average Bonchev–Trinajstić information content (AvgIpc) is 2.91. The third-order valence-corrected chi connectivity index (χ3v) is 4.71. The van der Waals surface area contributed by atoms with Gasteiger partial charge in [0, 0.05) is 12.4 Å². The average molecular weight is 652 g/mol. The van der Waals surface area contributed by atoms with Gasteiger partial charge >= 0.3 is 17.1 Å². The first-order valence-corrected chi connectivity index (χ1v) is 13.3. The molecule has 0 fully saturated rings. The summed E-state index contributed by atoms with van der Waals surface area (Å²) in [7, 11) is 2.99. The maximum absolute atomic E-state index is 11.7. The van der Waals surface area contributed by atoms with Crippen LogP contribution in [0, 0.1) is 0 Å². The van der Waals surface area contributed by atoms with E-state index in [1.165, 1.54) is 24.5 Å². The van der Waals surface area contributed by atoms with Crippen molar-refractivity contribution in [2.24, 2.45) is 9.98 Å². The molecule has 13 heteroatoms. The van der Waals surface area contributed by atoms with Gasteiger partial charge in [0.1, 0.15) is 11.5 Å². The van der Waals surface area contributed by atoms with E-state index in [1.54, 1.807) is 48.8 Å². The normalized spacial score (nSPS) is 9.76. The summed E-state index contributed by atoms with van der Waals surface area (Å²) in [6, 6.07) is 11.6. The van der Waals surface area contributed by atoms with Crippen LogP contribution in [0.15, 0.2) is 46.4 Å². The van der Waals surface area contributed by atoms with Crippen molar-refractivity contribution >= 4 is 47.2 Å². The summed E-state index contributed by atoms with van der Waals surface area (Å²) >= 11 is 7.40. The Labute approximate surface area is 265 Å². The SMILES string of the molecule is COc1cccc(C=NCC[NH2+]C(C)C)c1[O-].COc1cccc(C=NCC[NH2+]C(C)C)c1[O-].[Cu+2].[N-]=C=S.[N-]=C=S. The van der Waals surface area contributed by atoms with E-state index < -0.39 is 0 Å². The van der Waals surface area contributed by atoms with Gasteiger partial charge in [0.2, 0.25) is 0 Å². The molecule has 2 aromatic rings. The van der Waals surface area contributed by atoms with E-state index >= 15 is 0 Å². The van der Waals surface area contributed by atoms with Gasteiger partial charge in [-0.2, -0.15) is 10.3 Å². The summed E-state index contributed by atoms with van der Waals surface area (Å²) in [4.78, 5) is 8.48. The molecule has 229 valence electrons.